The minimum Gasteiger partial charge on any atom is -0.396 e. The summed E-state index contributed by atoms with van der Waals surface area (Å²) in [7, 11) is 0. The van der Waals surface area contributed by atoms with E-state index in [0.717, 1.165) is 18.9 Å². The topological polar surface area (TPSA) is 32.3 Å². The van der Waals surface area contributed by atoms with Gasteiger partial charge in [0.05, 0.1) is 0 Å². The van der Waals surface area contributed by atoms with Crippen LogP contribution in [-0.2, 0) is 0 Å². The lowest BCUT2D eigenvalue weighted by molar-refractivity contribution is 0.272. The van der Waals surface area contributed by atoms with E-state index in [-0.39, 0.29) is 5.82 Å². The van der Waals surface area contributed by atoms with Gasteiger partial charge in [0, 0.05) is 18.7 Å². The fourth-order valence-corrected chi connectivity index (χ4v) is 2.00. The molecule has 1 aromatic rings. The van der Waals surface area contributed by atoms with Gasteiger partial charge in [0.1, 0.15) is 5.82 Å². The Labute approximate surface area is 116 Å². The van der Waals surface area contributed by atoms with Crippen molar-refractivity contribution in [1.82, 2.24) is 5.32 Å². The highest BCUT2D eigenvalue weighted by Crippen LogP contribution is 2.21. The molecule has 0 radical (unpaired) electrons. The Morgan fingerprint density at radius 3 is 2.37 bits per heavy atom. The van der Waals surface area contributed by atoms with Gasteiger partial charge in [-0.25, -0.2) is 4.39 Å². The average molecular weight is 267 g/mol. The number of hydrogen-bond donors (Lipinski definition) is 2. The molecule has 0 spiro atoms. The van der Waals surface area contributed by atoms with E-state index >= 15 is 0 Å². The molecule has 19 heavy (non-hydrogen) atoms. The number of nitrogens with one attached hydrogen (secondary N) is 1. The lowest BCUT2D eigenvalue weighted by Gasteiger charge is -2.16. The summed E-state index contributed by atoms with van der Waals surface area (Å²) in [4.78, 5) is 0. The van der Waals surface area contributed by atoms with Gasteiger partial charge in [-0.2, -0.15) is 0 Å². The Balaban J connectivity index is 0.000000218. The van der Waals surface area contributed by atoms with Gasteiger partial charge in [0.25, 0.3) is 0 Å². The van der Waals surface area contributed by atoms with Crippen molar-refractivity contribution < 1.29 is 9.50 Å². The predicted molar refractivity (Wildman–Crippen MR) is 77.6 cm³/mol. The number of halogens is 1. The van der Waals surface area contributed by atoms with Gasteiger partial charge in [-0.05, 0) is 44.2 Å². The summed E-state index contributed by atoms with van der Waals surface area (Å²) in [6.07, 6.45) is 7.32. The lowest BCUT2D eigenvalue weighted by atomic mass is 10.1. The minimum atomic E-state index is -0.178. The zero-order valence-corrected chi connectivity index (χ0v) is 11.8. The Bertz CT molecular complexity index is 314. The molecule has 1 atom stereocenters. The van der Waals surface area contributed by atoms with E-state index in [1.807, 2.05) is 0 Å². The zero-order chi connectivity index (χ0) is 13.9. The maximum atomic E-state index is 11.9. The number of hydrogen-bond acceptors (Lipinski definition) is 2. The molecule has 108 valence electrons. The van der Waals surface area contributed by atoms with Crippen LogP contribution < -0.4 is 5.32 Å². The zero-order valence-electron chi connectivity index (χ0n) is 11.8. The number of rotatable bonds is 7. The van der Waals surface area contributed by atoms with Crippen LogP contribution in [0.25, 0.3) is 0 Å². The first kappa shape index (κ1) is 16.1. The smallest absolute Gasteiger partial charge is 0.123 e. The highest BCUT2D eigenvalue weighted by molar-refractivity contribution is 5.02. The molecule has 0 bridgehead atoms. The van der Waals surface area contributed by atoms with Gasteiger partial charge >= 0.3 is 0 Å². The van der Waals surface area contributed by atoms with Crippen molar-refractivity contribution in [3.05, 3.63) is 36.1 Å². The van der Waals surface area contributed by atoms with Gasteiger partial charge in [-0.15, -0.1) is 0 Å². The highest BCUT2D eigenvalue weighted by Gasteiger charge is 2.23. The molecule has 0 aromatic heterocycles. The molecule has 1 aromatic carbocycles. The van der Waals surface area contributed by atoms with Crippen LogP contribution in [0.15, 0.2) is 30.3 Å². The molecule has 2 N–H and O–H groups in total. The third-order valence-electron chi connectivity index (χ3n) is 3.13. The Morgan fingerprint density at radius 1 is 1.26 bits per heavy atom. The summed E-state index contributed by atoms with van der Waals surface area (Å²) in [5.74, 6) is -0.178. The van der Waals surface area contributed by atoms with Crippen LogP contribution in [0.3, 0.4) is 0 Å². The van der Waals surface area contributed by atoms with E-state index in [2.05, 4.69) is 12.2 Å². The second-order valence-electron chi connectivity index (χ2n) is 5.09. The summed E-state index contributed by atoms with van der Waals surface area (Å²) in [5, 5.41) is 12.3. The molecule has 1 fully saturated rings. The van der Waals surface area contributed by atoms with Crippen molar-refractivity contribution in [1.29, 1.82) is 0 Å². The van der Waals surface area contributed by atoms with Crippen LogP contribution in [-0.4, -0.2) is 23.8 Å². The Kier molecular flexibility index (Phi) is 8.43. The van der Waals surface area contributed by atoms with E-state index in [9.17, 15) is 4.39 Å². The van der Waals surface area contributed by atoms with Crippen LogP contribution in [0.2, 0.25) is 0 Å². The molecule has 1 saturated carbocycles. The SMILES string of the molecule is CCCC(CCCO)NC1CC1.Fc1ccccc1. The first-order valence-corrected chi connectivity index (χ1v) is 7.33. The molecule has 2 rings (SSSR count). The molecule has 3 heteroatoms. The molecule has 1 unspecified atom stereocenters. The monoisotopic (exact) mass is 267 g/mol. The number of benzene rings is 1. The van der Waals surface area contributed by atoms with Crippen molar-refractivity contribution in [2.75, 3.05) is 6.61 Å². The first-order chi connectivity index (χ1) is 9.26. The first-order valence-electron chi connectivity index (χ1n) is 7.33. The van der Waals surface area contributed by atoms with Gasteiger partial charge in [-0.1, -0.05) is 31.5 Å². The van der Waals surface area contributed by atoms with Gasteiger partial charge < -0.3 is 10.4 Å². The summed E-state index contributed by atoms with van der Waals surface area (Å²) in [6, 6.07) is 9.41. The maximum Gasteiger partial charge on any atom is 0.123 e. The summed E-state index contributed by atoms with van der Waals surface area (Å²) in [5.41, 5.74) is 0. The normalized spacial score (nSPS) is 15.5. The fourth-order valence-electron chi connectivity index (χ4n) is 2.00. The maximum absolute atomic E-state index is 11.9. The number of aliphatic hydroxyl groups is 1. The van der Waals surface area contributed by atoms with E-state index < -0.39 is 0 Å². The second-order valence-corrected chi connectivity index (χ2v) is 5.09. The van der Waals surface area contributed by atoms with Crippen LogP contribution in [0.5, 0.6) is 0 Å². The summed E-state index contributed by atoms with van der Waals surface area (Å²) in [6.45, 7) is 2.56. The molecule has 1 aliphatic carbocycles. The third-order valence-corrected chi connectivity index (χ3v) is 3.13. The van der Waals surface area contributed by atoms with Crippen molar-refractivity contribution in [3.63, 3.8) is 0 Å². The fraction of sp³-hybridized carbons (Fsp3) is 0.625. The van der Waals surface area contributed by atoms with E-state index in [1.165, 1.54) is 37.8 Å². The molecule has 2 nitrogen and oxygen atoms in total. The van der Waals surface area contributed by atoms with Crippen LogP contribution in [0.4, 0.5) is 4.39 Å². The third kappa shape index (κ3) is 8.73. The summed E-state index contributed by atoms with van der Waals surface area (Å²) >= 11 is 0. The largest absolute Gasteiger partial charge is 0.396 e. The second kappa shape index (κ2) is 9.93. The predicted octanol–water partition coefficient (Wildman–Crippen LogP) is 3.51. The van der Waals surface area contributed by atoms with Crippen LogP contribution in [0, 0.1) is 5.82 Å². The highest BCUT2D eigenvalue weighted by atomic mass is 19.1. The minimum absolute atomic E-state index is 0.178. The van der Waals surface area contributed by atoms with Crippen molar-refractivity contribution >= 4 is 0 Å². The van der Waals surface area contributed by atoms with Gasteiger partial charge in [-0.3, -0.25) is 0 Å². The van der Waals surface area contributed by atoms with E-state index in [1.54, 1.807) is 18.2 Å². The number of aliphatic hydroxyl groups excluding tert-OH is 1. The van der Waals surface area contributed by atoms with Crippen molar-refractivity contribution in [2.45, 2.75) is 57.5 Å². The van der Waals surface area contributed by atoms with Crippen LogP contribution >= 0.6 is 0 Å². The Morgan fingerprint density at radius 2 is 1.95 bits per heavy atom. The summed E-state index contributed by atoms with van der Waals surface area (Å²) < 4.78 is 11.9. The van der Waals surface area contributed by atoms with Crippen LogP contribution in [0.1, 0.15) is 45.4 Å². The quantitative estimate of drug-likeness (QED) is 0.792. The van der Waals surface area contributed by atoms with E-state index in [0.29, 0.717) is 12.6 Å². The van der Waals surface area contributed by atoms with Crippen molar-refractivity contribution in [2.24, 2.45) is 0 Å². The van der Waals surface area contributed by atoms with Gasteiger partial charge in [0.15, 0.2) is 0 Å². The lowest BCUT2D eigenvalue weighted by Crippen LogP contribution is -2.30. The molecular weight excluding hydrogens is 241 g/mol. The van der Waals surface area contributed by atoms with Gasteiger partial charge in [0.2, 0.25) is 0 Å². The molecular formula is C16H26FNO. The Hall–Kier alpha value is -0.930. The standard InChI is InChI=1S/C10H21NO.C6H5F/c1-2-4-9(5-3-8-12)11-10-6-7-10;7-6-4-2-1-3-5-6/h9-12H,2-8H2,1H3;1-5H. The van der Waals surface area contributed by atoms with E-state index in [4.69, 9.17) is 5.11 Å². The average Bonchev–Trinajstić information content (AvgIpc) is 3.22. The molecule has 0 aliphatic heterocycles. The van der Waals surface area contributed by atoms with Crippen molar-refractivity contribution in [3.8, 4) is 0 Å². The molecule has 1 aliphatic rings. The molecule has 0 amide bonds. The molecule has 0 saturated heterocycles. The molecule has 0 heterocycles.